The summed E-state index contributed by atoms with van der Waals surface area (Å²) in [6, 6.07) is 11.3. The molecule has 2 aromatic rings. The first-order valence-electron chi connectivity index (χ1n) is 6.01. The second-order valence-corrected chi connectivity index (χ2v) is 4.71. The van der Waals surface area contributed by atoms with Crippen LogP contribution in [0.3, 0.4) is 0 Å². The number of oxime groups is 1. The molecule has 0 radical (unpaired) electrons. The number of halogens is 1. The number of hydrogen-bond acceptors (Lipinski definition) is 4. The second-order valence-electron chi connectivity index (χ2n) is 4.30. The maximum atomic E-state index is 8.81. The molecule has 0 saturated heterocycles. The van der Waals surface area contributed by atoms with Gasteiger partial charge in [-0.25, -0.2) is 0 Å². The standard InChI is InChI=1S/C14H15ClN4O/c1-19(9-10-5-2-3-6-11(10)15)12-7-4-8-17-13(12)14(16)18-20/h2-8,20H,9H2,1H3,(H2,16,18). The topological polar surface area (TPSA) is 74.7 Å². The Hall–Kier alpha value is -2.27. The zero-order valence-corrected chi connectivity index (χ0v) is 11.7. The summed E-state index contributed by atoms with van der Waals surface area (Å²) in [5.74, 6) is -0.0217. The van der Waals surface area contributed by atoms with Gasteiger partial charge in [0.05, 0.1) is 5.69 Å². The van der Waals surface area contributed by atoms with Crippen molar-refractivity contribution in [1.29, 1.82) is 0 Å². The Kier molecular flexibility index (Phi) is 4.42. The van der Waals surface area contributed by atoms with Crippen molar-refractivity contribution in [3.8, 4) is 0 Å². The highest BCUT2D eigenvalue weighted by Crippen LogP contribution is 2.22. The van der Waals surface area contributed by atoms with Crippen LogP contribution in [0.5, 0.6) is 0 Å². The zero-order valence-electron chi connectivity index (χ0n) is 11.0. The van der Waals surface area contributed by atoms with E-state index < -0.39 is 0 Å². The van der Waals surface area contributed by atoms with E-state index in [1.807, 2.05) is 42.3 Å². The van der Waals surface area contributed by atoms with Crippen LogP contribution in [0.25, 0.3) is 0 Å². The summed E-state index contributed by atoms with van der Waals surface area (Å²) in [5, 5.41) is 12.5. The minimum absolute atomic E-state index is 0.0217. The molecule has 0 unspecified atom stereocenters. The van der Waals surface area contributed by atoms with Crippen molar-refractivity contribution in [3.63, 3.8) is 0 Å². The van der Waals surface area contributed by atoms with Gasteiger partial charge in [-0.1, -0.05) is 35.0 Å². The van der Waals surface area contributed by atoms with Gasteiger partial charge in [0.1, 0.15) is 5.69 Å². The van der Waals surface area contributed by atoms with E-state index in [-0.39, 0.29) is 5.84 Å². The fraction of sp³-hybridized carbons (Fsp3) is 0.143. The van der Waals surface area contributed by atoms with Gasteiger partial charge in [-0.2, -0.15) is 0 Å². The van der Waals surface area contributed by atoms with Crippen LogP contribution in [0.4, 0.5) is 5.69 Å². The predicted octanol–water partition coefficient (Wildman–Crippen LogP) is 2.47. The van der Waals surface area contributed by atoms with Crippen LogP contribution in [0.15, 0.2) is 47.8 Å². The number of amidine groups is 1. The van der Waals surface area contributed by atoms with Gasteiger partial charge in [-0.3, -0.25) is 4.98 Å². The molecule has 1 aromatic heterocycles. The molecule has 5 nitrogen and oxygen atoms in total. The van der Waals surface area contributed by atoms with Gasteiger partial charge >= 0.3 is 0 Å². The molecule has 0 atom stereocenters. The number of nitrogens with two attached hydrogens (primary N) is 1. The number of benzene rings is 1. The minimum atomic E-state index is -0.0217. The van der Waals surface area contributed by atoms with E-state index in [0.29, 0.717) is 17.3 Å². The Balaban J connectivity index is 2.30. The molecule has 3 N–H and O–H groups in total. The molecule has 0 saturated carbocycles. The molecule has 0 aliphatic heterocycles. The van der Waals surface area contributed by atoms with Crippen LogP contribution in [0.2, 0.25) is 5.02 Å². The van der Waals surface area contributed by atoms with Gasteiger partial charge < -0.3 is 15.8 Å². The summed E-state index contributed by atoms with van der Waals surface area (Å²) in [5.41, 5.74) is 7.83. The number of nitrogens with zero attached hydrogens (tertiary/aromatic N) is 3. The number of aromatic nitrogens is 1. The third-order valence-electron chi connectivity index (χ3n) is 2.91. The third kappa shape index (κ3) is 3.00. The van der Waals surface area contributed by atoms with E-state index in [2.05, 4.69) is 10.1 Å². The smallest absolute Gasteiger partial charge is 0.190 e. The summed E-state index contributed by atoms with van der Waals surface area (Å²) in [6.07, 6.45) is 1.60. The highest BCUT2D eigenvalue weighted by atomic mass is 35.5. The first kappa shape index (κ1) is 14.1. The average Bonchev–Trinajstić information content (AvgIpc) is 2.48. The molecule has 0 aliphatic rings. The number of anilines is 1. The van der Waals surface area contributed by atoms with E-state index in [1.165, 1.54) is 0 Å². The molecular weight excluding hydrogens is 276 g/mol. The van der Waals surface area contributed by atoms with Gasteiger partial charge in [0.2, 0.25) is 0 Å². The molecule has 1 heterocycles. The van der Waals surface area contributed by atoms with Crippen molar-refractivity contribution in [2.24, 2.45) is 10.9 Å². The lowest BCUT2D eigenvalue weighted by molar-refractivity contribution is 0.318. The van der Waals surface area contributed by atoms with E-state index in [0.717, 1.165) is 11.3 Å². The fourth-order valence-corrected chi connectivity index (χ4v) is 2.11. The molecule has 0 aliphatic carbocycles. The van der Waals surface area contributed by atoms with E-state index in [4.69, 9.17) is 22.5 Å². The molecule has 0 spiro atoms. The number of hydrogen-bond donors (Lipinski definition) is 2. The van der Waals surface area contributed by atoms with Gasteiger partial charge in [0.15, 0.2) is 5.84 Å². The van der Waals surface area contributed by atoms with Crippen LogP contribution < -0.4 is 10.6 Å². The van der Waals surface area contributed by atoms with Crippen LogP contribution in [-0.4, -0.2) is 23.1 Å². The summed E-state index contributed by atoms with van der Waals surface area (Å²) in [6.45, 7) is 0.594. The summed E-state index contributed by atoms with van der Waals surface area (Å²) in [4.78, 5) is 6.09. The first-order chi connectivity index (χ1) is 9.63. The lowest BCUT2D eigenvalue weighted by atomic mass is 10.2. The highest BCUT2D eigenvalue weighted by Gasteiger charge is 2.13. The maximum Gasteiger partial charge on any atom is 0.190 e. The van der Waals surface area contributed by atoms with E-state index >= 15 is 0 Å². The lowest BCUT2D eigenvalue weighted by Gasteiger charge is -2.21. The van der Waals surface area contributed by atoms with Crippen LogP contribution in [0.1, 0.15) is 11.3 Å². The summed E-state index contributed by atoms with van der Waals surface area (Å²) < 4.78 is 0. The van der Waals surface area contributed by atoms with Crippen molar-refractivity contribution in [2.45, 2.75) is 6.54 Å². The van der Waals surface area contributed by atoms with Crippen molar-refractivity contribution < 1.29 is 5.21 Å². The molecule has 2 rings (SSSR count). The van der Waals surface area contributed by atoms with Gasteiger partial charge in [-0.15, -0.1) is 0 Å². The quantitative estimate of drug-likeness (QED) is 0.393. The van der Waals surface area contributed by atoms with Crippen molar-refractivity contribution in [2.75, 3.05) is 11.9 Å². The largest absolute Gasteiger partial charge is 0.409 e. The highest BCUT2D eigenvalue weighted by molar-refractivity contribution is 6.31. The van der Waals surface area contributed by atoms with Gasteiger partial charge in [-0.05, 0) is 23.8 Å². The lowest BCUT2D eigenvalue weighted by Crippen LogP contribution is -2.23. The average molecular weight is 291 g/mol. The van der Waals surface area contributed by atoms with Crippen LogP contribution >= 0.6 is 11.6 Å². The molecule has 104 valence electrons. The SMILES string of the molecule is CN(Cc1ccccc1Cl)c1cccnc1/C(N)=N/O. The van der Waals surface area contributed by atoms with Crippen molar-refractivity contribution >= 4 is 23.1 Å². The van der Waals surface area contributed by atoms with E-state index in [9.17, 15) is 0 Å². The summed E-state index contributed by atoms with van der Waals surface area (Å²) >= 11 is 6.15. The molecule has 20 heavy (non-hydrogen) atoms. The Morgan fingerprint density at radius 1 is 1.35 bits per heavy atom. The molecule has 0 amide bonds. The number of rotatable bonds is 4. The second kappa shape index (κ2) is 6.25. The Morgan fingerprint density at radius 2 is 2.10 bits per heavy atom. The third-order valence-corrected chi connectivity index (χ3v) is 3.28. The van der Waals surface area contributed by atoms with Crippen LogP contribution in [-0.2, 0) is 6.54 Å². The zero-order chi connectivity index (χ0) is 14.5. The first-order valence-corrected chi connectivity index (χ1v) is 6.38. The number of pyridine rings is 1. The van der Waals surface area contributed by atoms with Crippen molar-refractivity contribution in [3.05, 3.63) is 58.9 Å². The molecule has 6 heteroatoms. The predicted molar refractivity (Wildman–Crippen MR) is 80.3 cm³/mol. The minimum Gasteiger partial charge on any atom is -0.409 e. The van der Waals surface area contributed by atoms with Gasteiger partial charge in [0, 0.05) is 24.8 Å². The van der Waals surface area contributed by atoms with Crippen molar-refractivity contribution in [1.82, 2.24) is 4.98 Å². The van der Waals surface area contributed by atoms with Gasteiger partial charge in [0.25, 0.3) is 0 Å². The monoisotopic (exact) mass is 290 g/mol. The van der Waals surface area contributed by atoms with Crippen LogP contribution in [0, 0.1) is 0 Å². The normalized spacial score (nSPS) is 11.4. The molecule has 0 bridgehead atoms. The summed E-state index contributed by atoms with van der Waals surface area (Å²) in [7, 11) is 1.90. The molecule has 0 fully saturated rings. The molecule has 1 aromatic carbocycles. The Labute approximate surface area is 122 Å². The Bertz CT molecular complexity index is 630. The maximum absolute atomic E-state index is 8.81. The van der Waals surface area contributed by atoms with E-state index in [1.54, 1.807) is 12.3 Å². The fourth-order valence-electron chi connectivity index (χ4n) is 1.92. The molecular formula is C14H15ClN4O. The Morgan fingerprint density at radius 3 is 2.80 bits per heavy atom.